The monoisotopic (exact) mass is 416 g/mol. The number of thiocarbonyl (C=S) groups is 1. The van der Waals surface area contributed by atoms with Crippen LogP contribution in [0.3, 0.4) is 0 Å². The van der Waals surface area contributed by atoms with Crippen molar-refractivity contribution >= 4 is 51.9 Å². The van der Waals surface area contributed by atoms with Crippen molar-refractivity contribution in [2.75, 3.05) is 16.2 Å². The van der Waals surface area contributed by atoms with Gasteiger partial charge in [0.1, 0.15) is 0 Å². The number of amides is 1. The third kappa shape index (κ3) is 5.88. The molecule has 0 saturated heterocycles. The molecule has 0 saturated carbocycles. The molecule has 0 spiro atoms. The molecule has 10 heteroatoms. The van der Waals surface area contributed by atoms with Gasteiger partial charge in [0.05, 0.1) is 17.6 Å². The van der Waals surface area contributed by atoms with Crippen LogP contribution in [0.4, 0.5) is 17.1 Å². The highest BCUT2D eigenvalue weighted by Gasteiger charge is 2.08. The van der Waals surface area contributed by atoms with E-state index in [1.807, 2.05) is 12.1 Å². The van der Waals surface area contributed by atoms with E-state index in [4.69, 9.17) is 28.2 Å². The predicted molar refractivity (Wildman–Crippen MR) is 114 cm³/mol. The number of hydrogen-bond acceptors (Lipinski definition) is 6. The lowest BCUT2D eigenvalue weighted by atomic mass is 10.3. The van der Waals surface area contributed by atoms with Crippen LogP contribution in [0.1, 0.15) is 10.6 Å². The Kier molecular flexibility index (Phi) is 6.68. The van der Waals surface area contributed by atoms with Crippen LogP contribution < -0.4 is 32.6 Å². The average Bonchev–Trinajstić information content (AvgIpc) is 3.22. The van der Waals surface area contributed by atoms with E-state index in [2.05, 4.69) is 32.6 Å². The molecule has 144 valence electrons. The molecule has 1 amide bonds. The van der Waals surface area contributed by atoms with Crippen molar-refractivity contribution in [2.24, 2.45) is 0 Å². The molecule has 8 nitrogen and oxygen atoms in total. The van der Waals surface area contributed by atoms with Crippen LogP contribution in [0.5, 0.6) is 0 Å². The highest BCUT2D eigenvalue weighted by molar-refractivity contribution is 7.80. The van der Waals surface area contributed by atoms with Crippen molar-refractivity contribution in [3.8, 4) is 0 Å². The van der Waals surface area contributed by atoms with Gasteiger partial charge in [0.2, 0.25) is 5.11 Å². The molecular weight excluding hydrogens is 400 g/mol. The second-order valence-electron chi connectivity index (χ2n) is 5.47. The van der Waals surface area contributed by atoms with Gasteiger partial charge in [0, 0.05) is 10.7 Å². The minimum atomic E-state index is -0.313. The fourth-order valence-corrected chi connectivity index (χ4v) is 2.42. The second kappa shape index (κ2) is 9.60. The van der Waals surface area contributed by atoms with Crippen molar-refractivity contribution < 1.29 is 9.21 Å². The zero-order chi connectivity index (χ0) is 19.8. The Morgan fingerprint density at radius 1 is 0.893 bits per heavy atom. The quantitative estimate of drug-likeness (QED) is 0.257. The summed E-state index contributed by atoms with van der Waals surface area (Å²) in [6, 6.07) is 17.5. The van der Waals surface area contributed by atoms with Crippen LogP contribution in [0.25, 0.3) is 0 Å². The molecule has 0 aliphatic heterocycles. The summed E-state index contributed by atoms with van der Waals surface area (Å²) in [6.07, 6.45) is 1.45. The molecule has 3 aromatic rings. The van der Waals surface area contributed by atoms with Crippen molar-refractivity contribution in [3.05, 3.63) is 77.7 Å². The molecule has 0 aliphatic carbocycles. The van der Waals surface area contributed by atoms with E-state index in [0.29, 0.717) is 15.8 Å². The van der Waals surface area contributed by atoms with Gasteiger partial charge in [0.25, 0.3) is 5.91 Å². The number of nitrogens with one attached hydrogen (secondary N) is 6. The van der Waals surface area contributed by atoms with Gasteiger partial charge >= 0.3 is 0 Å². The lowest BCUT2D eigenvalue weighted by molar-refractivity contribution is 0.0996. The van der Waals surface area contributed by atoms with Gasteiger partial charge in [-0.25, -0.2) is 0 Å². The fourth-order valence-electron chi connectivity index (χ4n) is 2.12. The third-order valence-electron chi connectivity index (χ3n) is 3.42. The van der Waals surface area contributed by atoms with E-state index in [1.165, 1.54) is 6.26 Å². The third-order valence-corrected chi connectivity index (χ3v) is 3.85. The molecule has 0 bridgehead atoms. The molecule has 3 rings (SSSR count). The Balaban J connectivity index is 1.39. The van der Waals surface area contributed by atoms with Gasteiger partial charge in [0.15, 0.2) is 5.76 Å². The smallest absolute Gasteiger partial charge is 0.291 e. The number of benzene rings is 2. The first-order chi connectivity index (χ1) is 13.6. The van der Waals surface area contributed by atoms with Gasteiger partial charge in [-0.3, -0.25) is 21.1 Å². The topological polar surface area (TPSA) is 102 Å². The molecule has 6 N–H and O–H groups in total. The number of carbonyl (C=O) groups is 1. The largest absolute Gasteiger partial charge is 0.459 e. The van der Waals surface area contributed by atoms with Crippen molar-refractivity contribution in [1.82, 2.24) is 16.4 Å². The minimum absolute atomic E-state index is 0.249. The number of hydrazine groups is 3. The molecule has 1 heterocycles. The summed E-state index contributed by atoms with van der Waals surface area (Å²) in [4.78, 5) is 11.9. The summed E-state index contributed by atoms with van der Waals surface area (Å²) in [5.74, 6) is -0.0633. The maximum Gasteiger partial charge on any atom is 0.291 e. The van der Waals surface area contributed by atoms with Gasteiger partial charge in [-0.15, -0.1) is 5.53 Å². The first kappa shape index (κ1) is 19.5. The minimum Gasteiger partial charge on any atom is -0.459 e. The van der Waals surface area contributed by atoms with E-state index in [-0.39, 0.29) is 11.7 Å². The summed E-state index contributed by atoms with van der Waals surface area (Å²) in [6.45, 7) is 0. The number of halogens is 1. The van der Waals surface area contributed by atoms with E-state index in [9.17, 15) is 4.79 Å². The summed E-state index contributed by atoms with van der Waals surface area (Å²) in [5.41, 5.74) is 16.3. The van der Waals surface area contributed by atoms with Crippen LogP contribution in [0.15, 0.2) is 71.3 Å². The molecule has 0 radical (unpaired) electrons. The van der Waals surface area contributed by atoms with E-state index in [1.54, 1.807) is 48.5 Å². The van der Waals surface area contributed by atoms with Crippen LogP contribution in [0, 0.1) is 0 Å². The number of carbonyl (C=O) groups excluding carboxylic acids is 1. The lowest BCUT2D eigenvalue weighted by Crippen LogP contribution is -2.48. The van der Waals surface area contributed by atoms with Gasteiger partial charge in [-0.2, -0.15) is 0 Å². The standard InChI is InChI=1S/C18H17ClN6O2S/c19-12-3-1-4-15(11-12)22-25-24-18(28)23-21-14-8-6-13(7-9-14)20-17(26)16-5-2-10-27-16/h1-11,21-22,25H,(H,20,26)(H2,23,24,28). The highest BCUT2D eigenvalue weighted by atomic mass is 35.5. The Bertz CT molecular complexity index is 934. The van der Waals surface area contributed by atoms with E-state index >= 15 is 0 Å². The van der Waals surface area contributed by atoms with Crippen molar-refractivity contribution in [2.45, 2.75) is 0 Å². The van der Waals surface area contributed by atoms with Crippen LogP contribution >= 0.6 is 23.8 Å². The normalized spacial score (nSPS) is 10.0. The highest BCUT2D eigenvalue weighted by Crippen LogP contribution is 2.15. The summed E-state index contributed by atoms with van der Waals surface area (Å²) in [5, 5.41) is 3.67. The van der Waals surface area contributed by atoms with Crippen molar-refractivity contribution in [3.63, 3.8) is 0 Å². The summed E-state index contributed by atoms with van der Waals surface area (Å²) < 4.78 is 5.05. The predicted octanol–water partition coefficient (Wildman–Crippen LogP) is 3.51. The Morgan fingerprint density at radius 3 is 2.39 bits per heavy atom. The Morgan fingerprint density at radius 2 is 1.68 bits per heavy atom. The molecule has 0 unspecified atom stereocenters. The number of furan rings is 1. The van der Waals surface area contributed by atoms with E-state index in [0.717, 1.165) is 11.4 Å². The molecular formula is C18H17ClN6O2S. The zero-order valence-electron chi connectivity index (χ0n) is 14.5. The SMILES string of the molecule is O=C(Nc1ccc(NNC(=S)NNNc2cccc(Cl)c2)cc1)c1ccco1. The fraction of sp³-hybridized carbons (Fsp3) is 0. The number of anilines is 3. The number of hydrogen-bond donors (Lipinski definition) is 6. The van der Waals surface area contributed by atoms with Gasteiger partial charge in [-0.05, 0) is 66.8 Å². The Hall–Kier alpha value is -3.27. The number of rotatable bonds is 7. The van der Waals surface area contributed by atoms with Crippen LogP contribution in [0.2, 0.25) is 5.02 Å². The summed E-state index contributed by atoms with van der Waals surface area (Å²) in [7, 11) is 0. The maximum atomic E-state index is 11.9. The van der Waals surface area contributed by atoms with Gasteiger partial charge in [-0.1, -0.05) is 17.7 Å². The molecule has 2 aromatic carbocycles. The van der Waals surface area contributed by atoms with Gasteiger partial charge < -0.3 is 15.2 Å². The first-order valence-electron chi connectivity index (χ1n) is 8.14. The summed E-state index contributed by atoms with van der Waals surface area (Å²) >= 11 is 11.0. The molecule has 28 heavy (non-hydrogen) atoms. The van der Waals surface area contributed by atoms with Crippen molar-refractivity contribution in [1.29, 1.82) is 0 Å². The average molecular weight is 417 g/mol. The zero-order valence-corrected chi connectivity index (χ0v) is 16.0. The molecule has 0 fully saturated rings. The van der Waals surface area contributed by atoms with E-state index < -0.39 is 0 Å². The Labute approximate surface area is 171 Å². The molecule has 0 aliphatic rings. The first-order valence-corrected chi connectivity index (χ1v) is 8.92. The molecule has 0 atom stereocenters. The molecule has 1 aromatic heterocycles. The maximum absolute atomic E-state index is 11.9. The second-order valence-corrected chi connectivity index (χ2v) is 6.32. The van der Waals surface area contributed by atoms with Crippen LogP contribution in [-0.2, 0) is 0 Å². The van der Waals surface area contributed by atoms with Crippen LogP contribution in [-0.4, -0.2) is 11.0 Å². The lowest BCUT2D eigenvalue weighted by Gasteiger charge is -2.14.